The lowest BCUT2D eigenvalue weighted by Crippen LogP contribution is -2.35. The van der Waals surface area contributed by atoms with Crippen LogP contribution in [0.5, 0.6) is 0 Å². The molecule has 0 saturated heterocycles. The van der Waals surface area contributed by atoms with Crippen molar-refractivity contribution in [3.63, 3.8) is 0 Å². The van der Waals surface area contributed by atoms with Gasteiger partial charge in [-0.3, -0.25) is 4.79 Å². The predicted molar refractivity (Wildman–Crippen MR) is 153 cm³/mol. The van der Waals surface area contributed by atoms with Gasteiger partial charge in [-0.15, -0.1) is 0 Å². The Bertz CT molecular complexity index is 1310. The third-order valence-electron chi connectivity index (χ3n) is 6.31. The van der Waals surface area contributed by atoms with E-state index in [2.05, 4.69) is 4.72 Å². The van der Waals surface area contributed by atoms with Crippen LogP contribution in [0.4, 0.5) is 0 Å². The quantitative estimate of drug-likeness (QED) is 0.214. The van der Waals surface area contributed by atoms with Gasteiger partial charge in [0.15, 0.2) is 0 Å². The van der Waals surface area contributed by atoms with Gasteiger partial charge >= 0.3 is 5.97 Å². The smallest absolute Gasteiger partial charge is 0.313 e. The van der Waals surface area contributed by atoms with Gasteiger partial charge in [0.2, 0.25) is 10.0 Å². The second-order valence-corrected chi connectivity index (χ2v) is 12.0. The number of benzene rings is 3. The van der Waals surface area contributed by atoms with Crippen LogP contribution in [0.2, 0.25) is 0 Å². The monoisotopic (exact) mass is 533 g/mol. The zero-order chi connectivity index (χ0) is 27.7. The number of carbonyl (C=O) groups excluding carboxylic acids is 1. The fraction of sp³-hybridized carbons (Fsp3) is 0.344. The average Bonchev–Trinajstić information content (AvgIpc) is 2.84. The van der Waals surface area contributed by atoms with Crippen LogP contribution < -0.4 is 4.72 Å². The zero-order valence-corrected chi connectivity index (χ0v) is 23.8. The second-order valence-electron chi connectivity index (χ2n) is 10.4. The lowest BCUT2D eigenvalue weighted by Gasteiger charge is -2.21. The molecule has 0 radical (unpaired) electrons. The molecule has 3 aromatic rings. The lowest BCUT2D eigenvalue weighted by atomic mass is 9.96. The van der Waals surface area contributed by atoms with E-state index in [1.807, 2.05) is 113 Å². The van der Waals surface area contributed by atoms with Gasteiger partial charge in [0.05, 0.1) is 10.8 Å². The Balaban J connectivity index is 1.85. The molecule has 0 aromatic heterocycles. The molecule has 0 spiro atoms. The summed E-state index contributed by atoms with van der Waals surface area (Å²) in [7, 11) is -3.77. The van der Waals surface area contributed by atoms with E-state index in [1.54, 1.807) is 6.08 Å². The molecule has 0 heterocycles. The Morgan fingerprint density at radius 1 is 0.868 bits per heavy atom. The Morgan fingerprint density at radius 2 is 1.42 bits per heavy atom. The maximum Gasteiger partial charge on any atom is 0.313 e. The number of aryl methyl sites for hydroxylation is 3. The molecule has 0 unspecified atom stereocenters. The van der Waals surface area contributed by atoms with E-state index >= 15 is 0 Å². The van der Waals surface area contributed by atoms with E-state index in [0.29, 0.717) is 28.9 Å². The molecule has 5 nitrogen and oxygen atoms in total. The van der Waals surface area contributed by atoms with E-state index in [4.69, 9.17) is 4.74 Å². The first-order chi connectivity index (χ1) is 18.0. The van der Waals surface area contributed by atoms with Gasteiger partial charge in [0.25, 0.3) is 0 Å². The number of ether oxygens (including phenoxy) is 1. The standard InChI is InChI=1S/C32H39NO4S/c1-23(2)18-30(33-38(35,36)31-25(4)19-24(3)20-26(31)5)17-16-29(21-27-12-8-6-9-13-27)32(34)37-22-28-14-10-7-11-15-28/h6-17,19-20,23,29-30,33H,18,21-22H2,1-5H3/b17-16+/t29-,30+/m0/s1. The molecule has 0 amide bonds. The third-order valence-corrected chi connectivity index (χ3v) is 8.10. The second kappa shape index (κ2) is 13.5. The molecule has 38 heavy (non-hydrogen) atoms. The molecule has 1 N–H and O–H groups in total. The Kier molecular flexibility index (Phi) is 10.5. The van der Waals surface area contributed by atoms with E-state index in [1.165, 1.54) is 0 Å². The third kappa shape index (κ3) is 8.67. The summed E-state index contributed by atoms with van der Waals surface area (Å²) in [4.78, 5) is 13.5. The van der Waals surface area contributed by atoms with Crippen molar-refractivity contribution in [2.75, 3.05) is 0 Å². The first-order valence-electron chi connectivity index (χ1n) is 13.1. The van der Waals surface area contributed by atoms with Crippen molar-refractivity contribution >= 4 is 16.0 Å². The Morgan fingerprint density at radius 3 is 1.97 bits per heavy atom. The maximum atomic E-state index is 13.5. The highest BCUT2D eigenvalue weighted by molar-refractivity contribution is 7.89. The summed E-state index contributed by atoms with van der Waals surface area (Å²) in [6.07, 6.45) is 4.66. The van der Waals surface area contributed by atoms with Crippen LogP contribution in [0.25, 0.3) is 0 Å². The van der Waals surface area contributed by atoms with Gasteiger partial charge in [-0.05, 0) is 61.8 Å². The minimum Gasteiger partial charge on any atom is -0.460 e. The number of esters is 1. The molecule has 3 aromatic carbocycles. The van der Waals surface area contributed by atoms with Gasteiger partial charge < -0.3 is 4.74 Å². The van der Waals surface area contributed by atoms with Crippen molar-refractivity contribution in [1.29, 1.82) is 0 Å². The van der Waals surface area contributed by atoms with Crippen molar-refractivity contribution in [3.05, 3.63) is 113 Å². The van der Waals surface area contributed by atoms with Gasteiger partial charge in [0.1, 0.15) is 6.61 Å². The summed E-state index contributed by atoms with van der Waals surface area (Å²) in [5.41, 5.74) is 4.38. The molecule has 2 atom stereocenters. The van der Waals surface area contributed by atoms with Gasteiger partial charge in [0, 0.05) is 6.04 Å². The molecule has 0 bridgehead atoms. The maximum absolute atomic E-state index is 13.5. The van der Waals surface area contributed by atoms with Crippen molar-refractivity contribution in [3.8, 4) is 0 Å². The fourth-order valence-corrected chi connectivity index (χ4v) is 6.38. The average molecular weight is 534 g/mol. The number of hydrogen-bond donors (Lipinski definition) is 1. The molecule has 202 valence electrons. The Labute approximate surface area is 228 Å². The van der Waals surface area contributed by atoms with Crippen LogP contribution >= 0.6 is 0 Å². The van der Waals surface area contributed by atoms with E-state index in [9.17, 15) is 13.2 Å². The molecule has 0 aliphatic rings. The predicted octanol–water partition coefficient (Wildman–Crippen LogP) is 6.46. The number of nitrogens with one attached hydrogen (secondary N) is 1. The minimum atomic E-state index is -3.77. The number of sulfonamides is 1. The van der Waals surface area contributed by atoms with Crippen molar-refractivity contribution in [2.45, 2.75) is 65.0 Å². The lowest BCUT2D eigenvalue weighted by molar-refractivity contribution is -0.148. The van der Waals surface area contributed by atoms with Crippen LogP contribution in [0, 0.1) is 32.6 Å². The van der Waals surface area contributed by atoms with E-state index in [-0.39, 0.29) is 18.5 Å². The molecule has 0 saturated carbocycles. The number of carbonyl (C=O) groups is 1. The van der Waals surface area contributed by atoms with Crippen molar-refractivity contribution in [1.82, 2.24) is 4.72 Å². The molecular weight excluding hydrogens is 494 g/mol. The molecular formula is C32H39NO4S. The van der Waals surface area contributed by atoms with Crippen LogP contribution in [0.1, 0.15) is 48.1 Å². The van der Waals surface area contributed by atoms with Gasteiger partial charge in [-0.1, -0.05) is 104 Å². The first-order valence-corrected chi connectivity index (χ1v) is 14.6. The normalized spacial score (nSPS) is 13.5. The van der Waals surface area contributed by atoms with Crippen LogP contribution in [-0.2, 0) is 32.6 Å². The zero-order valence-electron chi connectivity index (χ0n) is 23.0. The highest BCUT2D eigenvalue weighted by atomic mass is 32.2. The molecule has 0 aliphatic heterocycles. The first kappa shape index (κ1) is 29.3. The minimum absolute atomic E-state index is 0.187. The largest absolute Gasteiger partial charge is 0.460 e. The summed E-state index contributed by atoms with van der Waals surface area (Å²) in [6.45, 7) is 9.88. The molecule has 6 heteroatoms. The van der Waals surface area contributed by atoms with E-state index in [0.717, 1.165) is 16.7 Å². The SMILES string of the molecule is Cc1cc(C)c(S(=O)(=O)N[C@H](/C=C/[C@@H](Cc2ccccc2)C(=O)OCc2ccccc2)CC(C)C)c(C)c1. The summed E-state index contributed by atoms with van der Waals surface area (Å²) < 4.78 is 35.5. The summed E-state index contributed by atoms with van der Waals surface area (Å²) in [5.74, 6) is -0.654. The molecule has 3 rings (SSSR count). The molecule has 0 fully saturated rings. The molecule has 0 aliphatic carbocycles. The highest BCUT2D eigenvalue weighted by Gasteiger charge is 2.25. The highest BCUT2D eigenvalue weighted by Crippen LogP contribution is 2.23. The summed E-state index contributed by atoms with van der Waals surface area (Å²) in [6, 6.07) is 22.6. The van der Waals surface area contributed by atoms with E-state index < -0.39 is 22.0 Å². The van der Waals surface area contributed by atoms with Crippen molar-refractivity contribution < 1.29 is 17.9 Å². The topological polar surface area (TPSA) is 72.5 Å². The van der Waals surface area contributed by atoms with Gasteiger partial charge in [-0.25, -0.2) is 13.1 Å². The number of hydrogen-bond acceptors (Lipinski definition) is 4. The summed E-state index contributed by atoms with van der Waals surface area (Å²) in [5, 5.41) is 0. The number of rotatable bonds is 12. The van der Waals surface area contributed by atoms with Crippen molar-refractivity contribution in [2.24, 2.45) is 11.8 Å². The van der Waals surface area contributed by atoms with Crippen LogP contribution in [0.15, 0.2) is 89.8 Å². The van der Waals surface area contributed by atoms with Crippen LogP contribution in [-0.4, -0.2) is 20.4 Å². The summed E-state index contributed by atoms with van der Waals surface area (Å²) >= 11 is 0. The Hall–Kier alpha value is -3.22. The fourth-order valence-electron chi connectivity index (χ4n) is 4.72. The van der Waals surface area contributed by atoms with Gasteiger partial charge in [-0.2, -0.15) is 0 Å². The van der Waals surface area contributed by atoms with Crippen LogP contribution in [0.3, 0.4) is 0 Å².